The van der Waals surface area contributed by atoms with Crippen molar-refractivity contribution in [3.63, 3.8) is 0 Å². The van der Waals surface area contributed by atoms with E-state index < -0.39 is 0 Å². The molecule has 1 aromatic heterocycles. The maximum atomic E-state index is 11.9. The highest BCUT2D eigenvalue weighted by molar-refractivity contribution is 9.10. The fourth-order valence-electron chi connectivity index (χ4n) is 1.36. The predicted octanol–water partition coefficient (Wildman–Crippen LogP) is 2.03. The summed E-state index contributed by atoms with van der Waals surface area (Å²) in [6.45, 7) is 5.65. The largest absolute Gasteiger partial charge is 0.444 e. The molecule has 0 spiro atoms. The smallest absolute Gasteiger partial charge is 0.289 e. The molecule has 18 heavy (non-hydrogen) atoms. The lowest BCUT2D eigenvalue weighted by molar-refractivity contribution is -0.122. The topological polar surface area (TPSA) is 62.6 Å². The predicted molar refractivity (Wildman–Crippen MR) is 71.3 cm³/mol. The van der Waals surface area contributed by atoms with Gasteiger partial charge < -0.3 is 14.6 Å². The number of likely N-dealkylation sites (N-methyl/N-ethyl adjacent to an activating group) is 1. The van der Waals surface area contributed by atoms with Crippen molar-refractivity contribution in [3.05, 3.63) is 22.6 Å². The monoisotopic (exact) mass is 316 g/mol. The Balaban J connectivity index is 2.58. The molecule has 6 heteroatoms. The summed E-state index contributed by atoms with van der Waals surface area (Å²) in [5.41, 5.74) is -0.311. The van der Waals surface area contributed by atoms with Crippen LogP contribution >= 0.6 is 15.9 Å². The minimum Gasteiger partial charge on any atom is -0.444 e. The molecular formula is C12H17BrN2O3. The fourth-order valence-corrected chi connectivity index (χ4v) is 1.67. The second-order valence-corrected chi connectivity index (χ2v) is 5.84. The Labute approximate surface area is 115 Å². The van der Waals surface area contributed by atoms with Gasteiger partial charge in [0.15, 0.2) is 10.4 Å². The van der Waals surface area contributed by atoms with E-state index in [1.54, 1.807) is 19.2 Å². The van der Waals surface area contributed by atoms with Crippen LogP contribution in [0, 0.1) is 0 Å². The first-order chi connectivity index (χ1) is 8.19. The van der Waals surface area contributed by atoms with Crippen molar-refractivity contribution in [3.8, 4) is 0 Å². The molecule has 0 atom stereocenters. The van der Waals surface area contributed by atoms with Gasteiger partial charge in [0.2, 0.25) is 5.91 Å². The van der Waals surface area contributed by atoms with Crippen molar-refractivity contribution in [2.75, 3.05) is 13.6 Å². The highest BCUT2D eigenvalue weighted by atomic mass is 79.9. The molecular weight excluding hydrogens is 300 g/mol. The summed E-state index contributed by atoms with van der Waals surface area (Å²) >= 11 is 3.12. The Kier molecular flexibility index (Phi) is 4.56. The number of nitrogens with zero attached hydrogens (tertiary/aromatic N) is 1. The molecule has 0 saturated carbocycles. The van der Waals surface area contributed by atoms with Crippen LogP contribution in [0.2, 0.25) is 0 Å². The summed E-state index contributed by atoms with van der Waals surface area (Å²) in [6.07, 6.45) is 0. The first-order valence-electron chi connectivity index (χ1n) is 5.51. The SMILES string of the molecule is CN(CC(=O)NC(C)(C)C)C(=O)c1ccc(Br)o1. The molecule has 1 heterocycles. The van der Waals surface area contributed by atoms with Gasteiger partial charge in [0.1, 0.15) is 0 Å². The molecule has 1 rings (SSSR count). The minimum absolute atomic E-state index is 0.00553. The van der Waals surface area contributed by atoms with Crippen LogP contribution in [0.4, 0.5) is 0 Å². The van der Waals surface area contributed by atoms with Crippen LogP contribution in [0.15, 0.2) is 21.2 Å². The summed E-state index contributed by atoms with van der Waals surface area (Å²) in [5.74, 6) is -0.332. The van der Waals surface area contributed by atoms with Gasteiger partial charge in [-0.25, -0.2) is 0 Å². The van der Waals surface area contributed by atoms with Crippen molar-refractivity contribution in [1.29, 1.82) is 0 Å². The van der Waals surface area contributed by atoms with Crippen LogP contribution < -0.4 is 5.32 Å². The summed E-state index contributed by atoms with van der Waals surface area (Å²) in [7, 11) is 1.56. The van der Waals surface area contributed by atoms with Gasteiger partial charge in [-0.05, 0) is 48.8 Å². The highest BCUT2D eigenvalue weighted by Crippen LogP contribution is 2.15. The molecule has 0 aliphatic rings. The van der Waals surface area contributed by atoms with Gasteiger partial charge in [0.25, 0.3) is 5.91 Å². The van der Waals surface area contributed by atoms with Crippen molar-refractivity contribution in [2.45, 2.75) is 26.3 Å². The van der Waals surface area contributed by atoms with Crippen LogP contribution in [-0.4, -0.2) is 35.8 Å². The average molecular weight is 317 g/mol. The molecule has 0 fully saturated rings. The van der Waals surface area contributed by atoms with E-state index in [0.29, 0.717) is 4.67 Å². The number of furan rings is 1. The van der Waals surface area contributed by atoms with Gasteiger partial charge in [-0.1, -0.05) is 0 Å². The number of nitrogens with one attached hydrogen (secondary N) is 1. The van der Waals surface area contributed by atoms with Crippen LogP contribution in [0.1, 0.15) is 31.3 Å². The van der Waals surface area contributed by atoms with E-state index in [4.69, 9.17) is 4.42 Å². The zero-order valence-corrected chi connectivity index (χ0v) is 12.5. The first kappa shape index (κ1) is 14.8. The quantitative estimate of drug-likeness (QED) is 0.928. The van der Waals surface area contributed by atoms with Crippen molar-refractivity contribution < 1.29 is 14.0 Å². The number of halogens is 1. The van der Waals surface area contributed by atoms with Crippen molar-refractivity contribution >= 4 is 27.7 Å². The summed E-state index contributed by atoms with van der Waals surface area (Å²) in [5, 5.41) is 2.79. The maximum Gasteiger partial charge on any atom is 0.289 e. The van der Waals surface area contributed by atoms with E-state index in [-0.39, 0.29) is 29.7 Å². The van der Waals surface area contributed by atoms with Crippen LogP contribution in [0.25, 0.3) is 0 Å². The number of rotatable bonds is 3. The average Bonchev–Trinajstić information content (AvgIpc) is 2.60. The van der Waals surface area contributed by atoms with E-state index in [1.165, 1.54) is 4.90 Å². The molecule has 1 aromatic rings. The fraction of sp³-hybridized carbons (Fsp3) is 0.500. The molecule has 1 N–H and O–H groups in total. The van der Waals surface area contributed by atoms with Gasteiger partial charge in [-0.2, -0.15) is 0 Å². The Morgan fingerprint density at radius 3 is 2.44 bits per heavy atom. The van der Waals surface area contributed by atoms with E-state index in [0.717, 1.165) is 0 Å². The summed E-state index contributed by atoms with van der Waals surface area (Å²) < 4.78 is 5.63. The van der Waals surface area contributed by atoms with Gasteiger partial charge in [0.05, 0.1) is 6.54 Å². The first-order valence-corrected chi connectivity index (χ1v) is 6.30. The van der Waals surface area contributed by atoms with Crippen molar-refractivity contribution in [1.82, 2.24) is 10.2 Å². The van der Waals surface area contributed by atoms with E-state index in [9.17, 15) is 9.59 Å². The third-order valence-corrected chi connectivity index (χ3v) is 2.45. The minimum atomic E-state index is -0.329. The third kappa shape index (κ3) is 4.52. The molecule has 0 saturated heterocycles. The van der Waals surface area contributed by atoms with Gasteiger partial charge in [-0.15, -0.1) is 0 Å². The normalized spacial score (nSPS) is 11.2. The second-order valence-electron chi connectivity index (χ2n) is 5.06. The zero-order chi connectivity index (χ0) is 13.9. The number of carbonyl (C=O) groups is 2. The molecule has 5 nitrogen and oxygen atoms in total. The van der Waals surface area contributed by atoms with Crippen molar-refractivity contribution in [2.24, 2.45) is 0 Å². The Bertz CT molecular complexity index is 448. The van der Waals surface area contributed by atoms with Gasteiger partial charge in [0, 0.05) is 12.6 Å². The molecule has 0 bridgehead atoms. The third-order valence-electron chi connectivity index (χ3n) is 2.03. The van der Waals surface area contributed by atoms with E-state index >= 15 is 0 Å². The lowest BCUT2D eigenvalue weighted by atomic mass is 10.1. The molecule has 0 aliphatic carbocycles. The Morgan fingerprint density at radius 1 is 1.39 bits per heavy atom. The number of amides is 2. The molecule has 0 aromatic carbocycles. The van der Waals surface area contributed by atoms with Crippen LogP contribution in [0.3, 0.4) is 0 Å². The molecule has 100 valence electrons. The number of hydrogen-bond acceptors (Lipinski definition) is 3. The van der Waals surface area contributed by atoms with Crippen LogP contribution in [0.5, 0.6) is 0 Å². The van der Waals surface area contributed by atoms with E-state index in [1.807, 2.05) is 20.8 Å². The van der Waals surface area contributed by atoms with Gasteiger partial charge in [-0.3, -0.25) is 9.59 Å². The van der Waals surface area contributed by atoms with E-state index in [2.05, 4.69) is 21.2 Å². The Hall–Kier alpha value is -1.30. The standard InChI is InChI=1S/C12H17BrN2O3/c1-12(2,3)14-10(16)7-15(4)11(17)8-5-6-9(13)18-8/h5-6H,7H2,1-4H3,(H,14,16). The molecule has 2 amide bonds. The zero-order valence-electron chi connectivity index (χ0n) is 10.9. The van der Waals surface area contributed by atoms with Crippen LogP contribution in [-0.2, 0) is 4.79 Å². The lowest BCUT2D eigenvalue weighted by Gasteiger charge is -2.23. The number of hydrogen-bond donors (Lipinski definition) is 1. The molecule has 0 radical (unpaired) electrons. The Morgan fingerprint density at radius 2 is 2.00 bits per heavy atom. The lowest BCUT2D eigenvalue weighted by Crippen LogP contribution is -2.46. The van der Waals surface area contributed by atoms with Gasteiger partial charge >= 0.3 is 0 Å². The maximum absolute atomic E-state index is 11.9. The summed E-state index contributed by atoms with van der Waals surface area (Å²) in [6, 6.07) is 3.20. The molecule has 0 aliphatic heterocycles. The number of carbonyl (C=O) groups excluding carboxylic acids is 2. The molecule has 0 unspecified atom stereocenters. The summed E-state index contributed by atoms with van der Waals surface area (Å²) in [4.78, 5) is 24.9. The highest BCUT2D eigenvalue weighted by Gasteiger charge is 2.20. The second kappa shape index (κ2) is 5.56.